The molecule has 3 aromatic rings. The van der Waals surface area contributed by atoms with Gasteiger partial charge in [0.15, 0.2) is 0 Å². The molecular weight excluding hydrogens is 326 g/mol. The molecule has 1 aliphatic heterocycles. The molecule has 24 heavy (non-hydrogen) atoms. The Morgan fingerprint density at radius 1 is 1.08 bits per heavy atom. The quantitative estimate of drug-likeness (QED) is 0.531. The van der Waals surface area contributed by atoms with Gasteiger partial charge in [-0.15, -0.1) is 0 Å². The highest BCUT2D eigenvalue weighted by atomic mass is 32.2. The third kappa shape index (κ3) is 2.39. The van der Waals surface area contributed by atoms with Gasteiger partial charge < -0.3 is 0 Å². The molecule has 0 saturated carbocycles. The number of benzene rings is 2. The fraction of sp³-hybridized carbons (Fsp3) is 0.0588. The van der Waals surface area contributed by atoms with Crippen LogP contribution in [0.3, 0.4) is 0 Å². The Kier molecular flexibility index (Phi) is 3.42. The minimum absolute atomic E-state index is 0.00883. The number of non-ortho nitro benzene ring substituents is 1. The third-order valence-electron chi connectivity index (χ3n) is 3.83. The summed E-state index contributed by atoms with van der Waals surface area (Å²) in [6, 6.07) is 15.5. The van der Waals surface area contributed by atoms with E-state index in [0.717, 1.165) is 16.5 Å². The molecule has 0 bridgehead atoms. The molecule has 0 saturated heterocycles. The van der Waals surface area contributed by atoms with Crippen molar-refractivity contribution in [1.82, 2.24) is 4.98 Å². The Bertz CT molecular complexity index is 1030. The summed E-state index contributed by atoms with van der Waals surface area (Å²) in [5, 5.41) is 12.6. The van der Waals surface area contributed by atoms with E-state index in [2.05, 4.69) is 9.98 Å². The number of nitro benzene ring substituents is 1. The predicted molar refractivity (Wildman–Crippen MR) is 91.5 cm³/mol. The molecule has 0 amide bonds. The van der Waals surface area contributed by atoms with E-state index in [0.29, 0.717) is 22.2 Å². The molecular formula is C17H11N3O3S. The van der Waals surface area contributed by atoms with Crippen LogP contribution < -0.4 is 0 Å². The van der Waals surface area contributed by atoms with Gasteiger partial charge >= 0.3 is 0 Å². The standard InChI is InChI=1S/C17H11N3O3S/c21-20(22)14-7-5-11(6-8-14)16-18-10-13-9-12-3-1-2-4-15(12)19-17(13)24(16)23/h1-9H,10H2. The summed E-state index contributed by atoms with van der Waals surface area (Å²) in [7, 11) is -1.51. The van der Waals surface area contributed by atoms with Crippen LogP contribution in [0.4, 0.5) is 5.69 Å². The van der Waals surface area contributed by atoms with Gasteiger partial charge in [0.25, 0.3) is 5.69 Å². The number of pyridine rings is 1. The van der Waals surface area contributed by atoms with Crippen molar-refractivity contribution in [3.63, 3.8) is 0 Å². The summed E-state index contributed by atoms with van der Waals surface area (Å²) in [5.74, 6) is 0. The van der Waals surface area contributed by atoms with Crippen molar-refractivity contribution in [1.29, 1.82) is 0 Å². The Balaban J connectivity index is 1.76. The van der Waals surface area contributed by atoms with Crippen LogP contribution in [-0.2, 0) is 17.3 Å². The maximum atomic E-state index is 12.9. The van der Waals surface area contributed by atoms with Crippen LogP contribution in [0.2, 0.25) is 0 Å². The van der Waals surface area contributed by atoms with Gasteiger partial charge in [-0.3, -0.25) is 15.1 Å². The van der Waals surface area contributed by atoms with Crippen molar-refractivity contribution >= 4 is 32.4 Å². The summed E-state index contributed by atoms with van der Waals surface area (Å²) in [4.78, 5) is 19.2. The van der Waals surface area contributed by atoms with Crippen molar-refractivity contribution in [2.45, 2.75) is 11.6 Å². The van der Waals surface area contributed by atoms with Crippen LogP contribution >= 0.6 is 0 Å². The molecule has 0 spiro atoms. The second-order valence-electron chi connectivity index (χ2n) is 5.34. The number of fused-ring (bicyclic) bond motifs is 2. The van der Waals surface area contributed by atoms with Gasteiger partial charge in [-0.25, -0.2) is 9.19 Å². The lowest BCUT2D eigenvalue weighted by molar-refractivity contribution is -0.384. The first-order valence-electron chi connectivity index (χ1n) is 7.23. The van der Waals surface area contributed by atoms with E-state index in [1.54, 1.807) is 12.1 Å². The van der Waals surface area contributed by atoms with Crippen molar-refractivity contribution in [3.05, 3.63) is 75.8 Å². The average molecular weight is 337 g/mol. The van der Waals surface area contributed by atoms with E-state index < -0.39 is 15.7 Å². The average Bonchev–Trinajstić information content (AvgIpc) is 2.61. The number of rotatable bonds is 2. The predicted octanol–water partition coefficient (Wildman–Crippen LogP) is 3.21. The second kappa shape index (κ2) is 5.61. The first-order chi connectivity index (χ1) is 11.6. The minimum atomic E-state index is -1.51. The Hall–Kier alpha value is -2.93. The lowest BCUT2D eigenvalue weighted by atomic mass is 10.1. The van der Waals surface area contributed by atoms with Crippen LogP contribution in [0.25, 0.3) is 10.9 Å². The van der Waals surface area contributed by atoms with Crippen molar-refractivity contribution < 1.29 is 9.13 Å². The van der Waals surface area contributed by atoms with E-state index >= 15 is 0 Å². The van der Waals surface area contributed by atoms with Gasteiger partial charge in [-0.05, 0) is 24.3 Å². The summed E-state index contributed by atoms with van der Waals surface area (Å²) in [5.41, 5.74) is 2.23. The number of hydrogen-bond donors (Lipinski definition) is 0. The van der Waals surface area contributed by atoms with E-state index in [9.17, 15) is 14.3 Å². The van der Waals surface area contributed by atoms with Crippen molar-refractivity contribution in [2.24, 2.45) is 4.99 Å². The molecule has 0 aliphatic carbocycles. The van der Waals surface area contributed by atoms with Crippen LogP contribution in [0.1, 0.15) is 11.1 Å². The molecule has 0 fully saturated rings. The highest BCUT2D eigenvalue weighted by Crippen LogP contribution is 2.26. The van der Waals surface area contributed by atoms with E-state index in [1.165, 1.54) is 12.1 Å². The highest BCUT2D eigenvalue weighted by molar-refractivity contribution is 8.01. The topological polar surface area (TPSA) is 85.5 Å². The molecule has 7 heteroatoms. The number of para-hydroxylation sites is 1. The molecule has 118 valence electrons. The molecule has 6 nitrogen and oxygen atoms in total. The van der Waals surface area contributed by atoms with Crippen LogP contribution in [-0.4, -0.2) is 19.2 Å². The number of hydrogen-bond acceptors (Lipinski definition) is 5. The molecule has 2 aromatic carbocycles. The van der Waals surface area contributed by atoms with Gasteiger partial charge in [-0.2, -0.15) is 0 Å². The first-order valence-corrected chi connectivity index (χ1v) is 8.38. The zero-order chi connectivity index (χ0) is 16.7. The fourth-order valence-corrected chi connectivity index (χ4v) is 3.91. The lowest BCUT2D eigenvalue weighted by Crippen LogP contribution is -2.17. The Morgan fingerprint density at radius 2 is 1.83 bits per heavy atom. The number of aliphatic imine (C=N–C) groups is 1. The van der Waals surface area contributed by atoms with Gasteiger partial charge in [0.1, 0.15) is 20.9 Å². The lowest BCUT2D eigenvalue weighted by Gasteiger charge is -2.16. The van der Waals surface area contributed by atoms with Crippen LogP contribution in [0.15, 0.2) is 64.6 Å². The van der Waals surface area contributed by atoms with Gasteiger partial charge in [0.2, 0.25) is 0 Å². The molecule has 0 N–H and O–H groups in total. The first kappa shape index (κ1) is 14.6. The molecule has 1 aromatic heterocycles. The monoisotopic (exact) mass is 337 g/mol. The fourth-order valence-electron chi connectivity index (χ4n) is 2.65. The molecule has 1 unspecified atom stereocenters. The molecule has 1 atom stereocenters. The number of aromatic nitrogens is 1. The Morgan fingerprint density at radius 3 is 2.58 bits per heavy atom. The summed E-state index contributed by atoms with van der Waals surface area (Å²) >= 11 is 0. The van der Waals surface area contributed by atoms with E-state index in [1.807, 2.05) is 30.3 Å². The molecule has 1 aliphatic rings. The van der Waals surface area contributed by atoms with Crippen molar-refractivity contribution in [3.8, 4) is 0 Å². The molecule has 2 heterocycles. The zero-order valence-corrected chi connectivity index (χ0v) is 13.2. The number of nitrogens with zero attached hydrogens (tertiary/aromatic N) is 3. The van der Waals surface area contributed by atoms with Crippen LogP contribution in [0, 0.1) is 10.1 Å². The van der Waals surface area contributed by atoms with Gasteiger partial charge in [-0.1, -0.05) is 18.2 Å². The molecule has 0 radical (unpaired) electrons. The minimum Gasteiger partial charge on any atom is -0.270 e. The van der Waals surface area contributed by atoms with E-state index in [4.69, 9.17) is 0 Å². The SMILES string of the molecule is O=[N+]([O-])c1ccc(C2=NCc3cc4ccccc4nc3S2=O)cc1. The maximum absolute atomic E-state index is 12.9. The summed E-state index contributed by atoms with van der Waals surface area (Å²) in [6.07, 6.45) is 0. The smallest absolute Gasteiger partial charge is 0.269 e. The summed E-state index contributed by atoms with van der Waals surface area (Å²) < 4.78 is 12.9. The maximum Gasteiger partial charge on any atom is 0.269 e. The van der Waals surface area contributed by atoms with E-state index in [-0.39, 0.29) is 5.69 Å². The normalized spacial score (nSPS) is 16.5. The zero-order valence-electron chi connectivity index (χ0n) is 12.4. The summed E-state index contributed by atoms with van der Waals surface area (Å²) in [6.45, 7) is 0.394. The van der Waals surface area contributed by atoms with Crippen LogP contribution in [0.5, 0.6) is 0 Å². The van der Waals surface area contributed by atoms with Gasteiger partial charge in [0, 0.05) is 28.6 Å². The third-order valence-corrected chi connectivity index (χ3v) is 5.25. The van der Waals surface area contributed by atoms with Gasteiger partial charge in [0.05, 0.1) is 17.0 Å². The Labute approximate surface area is 139 Å². The second-order valence-corrected chi connectivity index (χ2v) is 6.65. The molecule has 4 rings (SSSR count). The highest BCUT2D eigenvalue weighted by Gasteiger charge is 2.24. The largest absolute Gasteiger partial charge is 0.270 e. The number of nitro groups is 1. The van der Waals surface area contributed by atoms with Crippen molar-refractivity contribution in [2.75, 3.05) is 0 Å².